The molecule has 0 bridgehead atoms. The minimum Gasteiger partial charge on any atom is -0.355 e. The van der Waals surface area contributed by atoms with Crippen LogP contribution in [0.5, 0.6) is 0 Å². The van der Waals surface area contributed by atoms with Gasteiger partial charge >= 0.3 is 6.18 Å². The van der Waals surface area contributed by atoms with Gasteiger partial charge in [0.05, 0.1) is 5.70 Å². The summed E-state index contributed by atoms with van der Waals surface area (Å²) in [5.41, 5.74) is 2.95. The lowest BCUT2D eigenvalue weighted by Crippen LogP contribution is -2.30. The molecular weight excluding hydrogens is 353 g/mol. The molecule has 1 saturated heterocycles. The van der Waals surface area contributed by atoms with E-state index in [-0.39, 0.29) is 17.0 Å². The number of Topliss-reactive ketones (excluding diaryl/α,β-unsaturated/α-hetero) is 1. The highest BCUT2D eigenvalue weighted by Gasteiger charge is 2.45. The highest BCUT2D eigenvalue weighted by Crippen LogP contribution is 2.47. The number of allylic oxidation sites excluding steroid dienone is 8. The molecule has 0 radical (unpaired) electrons. The average molecular weight is 376 g/mol. The molecule has 2 aliphatic carbocycles. The Bertz CT molecular complexity index is 793. The van der Waals surface area contributed by atoms with Crippen LogP contribution in [0, 0.1) is 11.3 Å². The highest BCUT2D eigenvalue weighted by molar-refractivity contribution is 6.00. The number of hydrogen-bond acceptors (Lipinski definition) is 3. The third-order valence-corrected chi connectivity index (χ3v) is 5.99. The van der Waals surface area contributed by atoms with Crippen LogP contribution in [-0.2, 0) is 4.79 Å². The van der Waals surface area contributed by atoms with Gasteiger partial charge in [-0.3, -0.25) is 4.79 Å². The fraction of sp³-hybridized carbons (Fsp3) is 0.476. The lowest BCUT2D eigenvalue weighted by atomic mass is 9.69. The van der Waals surface area contributed by atoms with Gasteiger partial charge in [0.2, 0.25) is 0 Å². The van der Waals surface area contributed by atoms with E-state index in [9.17, 15) is 18.0 Å². The first-order valence-electron chi connectivity index (χ1n) is 9.45. The Morgan fingerprint density at radius 2 is 2.11 bits per heavy atom. The second-order valence-electron chi connectivity index (χ2n) is 7.80. The summed E-state index contributed by atoms with van der Waals surface area (Å²) in [6.45, 7) is 1.83. The van der Waals surface area contributed by atoms with Gasteiger partial charge in [-0.15, -0.1) is 0 Å². The molecule has 0 aromatic carbocycles. The number of fused-ring (bicyclic) bond motifs is 1. The summed E-state index contributed by atoms with van der Waals surface area (Å²) in [4.78, 5) is 11.5. The molecule has 0 aromatic rings. The third kappa shape index (κ3) is 3.55. The zero-order chi connectivity index (χ0) is 19.1. The number of nitrogens with one attached hydrogen (secondary N) is 2. The van der Waals surface area contributed by atoms with Crippen LogP contribution < -0.4 is 10.6 Å². The Balaban J connectivity index is 1.55. The molecule has 27 heavy (non-hydrogen) atoms. The molecule has 2 N–H and O–H groups in total. The normalized spacial score (nSPS) is 30.1. The van der Waals surface area contributed by atoms with Crippen molar-refractivity contribution in [1.82, 2.24) is 10.6 Å². The topological polar surface area (TPSA) is 41.1 Å². The van der Waals surface area contributed by atoms with Crippen LogP contribution in [0.3, 0.4) is 0 Å². The Labute approximate surface area is 156 Å². The molecule has 144 valence electrons. The van der Waals surface area contributed by atoms with Gasteiger partial charge in [-0.2, -0.15) is 13.2 Å². The molecular formula is C21H23F3N2O. The van der Waals surface area contributed by atoms with Crippen LogP contribution in [0.1, 0.15) is 32.1 Å². The molecule has 1 fully saturated rings. The van der Waals surface area contributed by atoms with Crippen LogP contribution in [0.15, 0.2) is 59.0 Å². The maximum Gasteiger partial charge on any atom is 0.456 e. The summed E-state index contributed by atoms with van der Waals surface area (Å²) >= 11 is 0. The number of halogens is 3. The zero-order valence-corrected chi connectivity index (χ0v) is 15.0. The predicted octanol–water partition coefficient (Wildman–Crippen LogP) is 4.08. The summed E-state index contributed by atoms with van der Waals surface area (Å²) < 4.78 is 38.2. The Morgan fingerprint density at radius 1 is 1.26 bits per heavy atom. The van der Waals surface area contributed by atoms with E-state index in [2.05, 4.69) is 28.9 Å². The van der Waals surface area contributed by atoms with E-state index in [1.165, 1.54) is 17.2 Å². The molecule has 0 spiro atoms. The summed E-state index contributed by atoms with van der Waals surface area (Å²) in [7, 11) is 0. The monoisotopic (exact) mass is 376 g/mol. The van der Waals surface area contributed by atoms with Gasteiger partial charge in [0, 0.05) is 23.6 Å². The number of rotatable bonds is 4. The van der Waals surface area contributed by atoms with Crippen molar-refractivity contribution >= 4 is 5.78 Å². The lowest BCUT2D eigenvalue weighted by Gasteiger charge is -2.35. The summed E-state index contributed by atoms with van der Waals surface area (Å²) in [5, 5.41) is 6.13. The summed E-state index contributed by atoms with van der Waals surface area (Å²) in [5.74, 6) is -1.98. The van der Waals surface area contributed by atoms with Crippen LogP contribution in [0.4, 0.5) is 13.2 Å². The average Bonchev–Trinajstić information content (AvgIpc) is 3.28. The molecule has 0 amide bonds. The van der Waals surface area contributed by atoms with Gasteiger partial charge in [0.25, 0.3) is 5.78 Å². The number of hydrogen-bond donors (Lipinski definition) is 2. The van der Waals surface area contributed by atoms with Crippen LogP contribution >= 0.6 is 0 Å². The van der Waals surface area contributed by atoms with Crippen molar-refractivity contribution in [1.29, 1.82) is 0 Å². The fourth-order valence-corrected chi connectivity index (χ4v) is 4.56. The van der Waals surface area contributed by atoms with E-state index in [1.54, 1.807) is 0 Å². The largest absolute Gasteiger partial charge is 0.456 e. The smallest absolute Gasteiger partial charge is 0.355 e. The van der Waals surface area contributed by atoms with Gasteiger partial charge in [-0.25, -0.2) is 0 Å². The van der Waals surface area contributed by atoms with Crippen LogP contribution in [0.25, 0.3) is 0 Å². The number of carbonyl (C=O) groups excluding carboxylic acids is 1. The van der Waals surface area contributed by atoms with Crippen LogP contribution in [0.2, 0.25) is 0 Å². The molecule has 4 aliphatic rings. The van der Waals surface area contributed by atoms with E-state index < -0.39 is 12.0 Å². The molecule has 0 aromatic heterocycles. The van der Waals surface area contributed by atoms with Crippen molar-refractivity contribution in [2.75, 3.05) is 13.1 Å². The number of ketones is 1. The highest BCUT2D eigenvalue weighted by atomic mass is 19.4. The number of alkyl halides is 3. The Hall–Kier alpha value is -2.08. The lowest BCUT2D eigenvalue weighted by molar-refractivity contribution is -0.166. The van der Waals surface area contributed by atoms with E-state index in [4.69, 9.17) is 0 Å². The van der Waals surface area contributed by atoms with Crippen molar-refractivity contribution in [3.8, 4) is 0 Å². The van der Waals surface area contributed by atoms with E-state index >= 15 is 0 Å². The van der Waals surface area contributed by atoms with Gasteiger partial charge in [-0.1, -0.05) is 35.5 Å². The van der Waals surface area contributed by atoms with Gasteiger partial charge in [-0.05, 0) is 50.8 Å². The molecule has 6 heteroatoms. The molecule has 2 atom stereocenters. The first kappa shape index (κ1) is 18.3. The SMILES string of the molecule is O=C(C1=CC2CC(C3(CC4=CCCC=C4)CCNC3)=CC=C2N1)C(F)(F)F. The quantitative estimate of drug-likeness (QED) is 0.777. The maximum atomic E-state index is 12.7. The second-order valence-corrected chi connectivity index (χ2v) is 7.80. The van der Waals surface area contributed by atoms with Crippen molar-refractivity contribution in [3.05, 3.63) is 59.0 Å². The summed E-state index contributed by atoms with van der Waals surface area (Å²) in [6.07, 6.45) is 12.0. The van der Waals surface area contributed by atoms with E-state index in [0.29, 0.717) is 12.1 Å². The first-order chi connectivity index (χ1) is 12.9. The number of carbonyl (C=O) groups is 1. The van der Waals surface area contributed by atoms with Crippen molar-refractivity contribution < 1.29 is 18.0 Å². The minimum atomic E-state index is -4.85. The van der Waals surface area contributed by atoms with Gasteiger partial charge in [0.15, 0.2) is 0 Å². The van der Waals surface area contributed by atoms with Crippen molar-refractivity contribution in [2.45, 2.75) is 38.3 Å². The van der Waals surface area contributed by atoms with Gasteiger partial charge < -0.3 is 10.6 Å². The second kappa shape index (κ2) is 6.82. The van der Waals surface area contributed by atoms with Crippen LogP contribution in [-0.4, -0.2) is 25.0 Å². The van der Waals surface area contributed by atoms with Crippen molar-refractivity contribution in [3.63, 3.8) is 0 Å². The zero-order valence-electron chi connectivity index (χ0n) is 15.0. The molecule has 0 saturated carbocycles. The van der Waals surface area contributed by atoms with E-state index in [0.717, 1.165) is 38.8 Å². The van der Waals surface area contributed by atoms with E-state index in [1.807, 2.05) is 12.2 Å². The third-order valence-electron chi connectivity index (χ3n) is 5.99. The first-order valence-corrected chi connectivity index (χ1v) is 9.45. The minimum absolute atomic E-state index is 0.000171. The maximum absolute atomic E-state index is 12.7. The molecule has 4 rings (SSSR count). The van der Waals surface area contributed by atoms with Crippen molar-refractivity contribution in [2.24, 2.45) is 11.3 Å². The fourth-order valence-electron chi connectivity index (χ4n) is 4.56. The standard InChI is InChI=1S/C21H23F3N2O/c22-21(23,24)19(27)18-11-15-10-16(6-7-17(15)26-18)20(8-9-25-13-20)12-14-4-2-1-3-5-14/h2,4-7,11,15,25-26H,1,3,8-10,12-13H2. The van der Waals surface area contributed by atoms with Gasteiger partial charge in [0.1, 0.15) is 0 Å². The molecule has 2 unspecified atom stereocenters. The summed E-state index contributed by atoms with van der Waals surface area (Å²) in [6, 6.07) is 0. The Morgan fingerprint density at radius 3 is 2.78 bits per heavy atom. The predicted molar refractivity (Wildman–Crippen MR) is 97.5 cm³/mol. The Kier molecular flexibility index (Phi) is 4.62. The molecule has 2 heterocycles. The molecule has 2 aliphatic heterocycles. The molecule has 3 nitrogen and oxygen atoms in total.